The second-order valence-electron chi connectivity index (χ2n) is 2.40. The number of sulfonamides is 1. The second kappa shape index (κ2) is 4.17. The van der Waals surface area contributed by atoms with E-state index in [1.54, 1.807) is 0 Å². The number of hydrogen-bond acceptors (Lipinski definition) is 3. The molecule has 1 aromatic carbocycles. The van der Waals surface area contributed by atoms with Crippen molar-refractivity contribution in [2.24, 2.45) is 0 Å². The highest BCUT2D eigenvalue weighted by Crippen LogP contribution is 2.17. The quantitative estimate of drug-likeness (QED) is 0.751. The standard InChI is InChI=1S/C7H5F3NO3S/c8-7(9,10)14-11-15(12,13)6-4-2-1-3-5-6/h1-5H. The Kier molecular flexibility index (Phi) is 3.32. The summed E-state index contributed by atoms with van der Waals surface area (Å²) in [6.07, 6.45) is -5.11. The minimum Gasteiger partial charge on any atom is -0.203 e. The fourth-order valence-electron chi connectivity index (χ4n) is 0.727. The molecule has 1 radical (unpaired) electrons. The van der Waals surface area contributed by atoms with Crippen LogP contribution in [0.1, 0.15) is 0 Å². The van der Waals surface area contributed by atoms with Crippen molar-refractivity contribution in [2.75, 3.05) is 0 Å². The molecular weight excluding hydrogens is 235 g/mol. The van der Waals surface area contributed by atoms with Crippen molar-refractivity contribution in [2.45, 2.75) is 11.3 Å². The monoisotopic (exact) mass is 240 g/mol. The summed E-state index contributed by atoms with van der Waals surface area (Å²) in [6.45, 7) is 0. The predicted molar refractivity (Wildman–Crippen MR) is 42.9 cm³/mol. The molecule has 0 atom stereocenters. The molecule has 0 amide bonds. The zero-order valence-corrected chi connectivity index (χ0v) is 7.92. The van der Waals surface area contributed by atoms with Gasteiger partial charge < -0.3 is 0 Å². The summed E-state index contributed by atoms with van der Waals surface area (Å²) in [4.78, 5) is 4.66. The molecule has 1 rings (SSSR count). The third-order valence-electron chi connectivity index (χ3n) is 1.28. The Morgan fingerprint density at radius 3 is 2.13 bits per heavy atom. The van der Waals surface area contributed by atoms with Gasteiger partial charge in [-0.15, -0.1) is 13.2 Å². The number of nitrogens with zero attached hydrogens (tertiary/aromatic N) is 1. The lowest BCUT2D eigenvalue weighted by atomic mass is 10.4. The number of hydrogen-bond donors (Lipinski definition) is 0. The zero-order chi connectivity index (χ0) is 11.5. The summed E-state index contributed by atoms with van der Waals surface area (Å²) in [5.41, 5.74) is 0. The van der Waals surface area contributed by atoms with Crippen LogP contribution in [-0.4, -0.2) is 14.8 Å². The first-order valence-corrected chi connectivity index (χ1v) is 5.02. The molecular formula is C7H5F3NO3S. The molecule has 83 valence electrons. The van der Waals surface area contributed by atoms with Crippen molar-refractivity contribution in [3.05, 3.63) is 30.3 Å². The Labute approximate surface area is 83.7 Å². The summed E-state index contributed by atoms with van der Waals surface area (Å²) in [7, 11) is -4.41. The molecule has 0 N–H and O–H groups in total. The SMILES string of the molecule is O=S(=O)([N]OC(F)(F)F)c1ccccc1. The van der Waals surface area contributed by atoms with Gasteiger partial charge in [0.2, 0.25) is 0 Å². The maximum Gasteiger partial charge on any atom is 0.541 e. The topological polar surface area (TPSA) is 57.5 Å². The van der Waals surface area contributed by atoms with Crippen LogP contribution in [0, 0.1) is 0 Å². The summed E-state index contributed by atoms with van der Waals surface area (Å²) in [5.74, 6) is 0. The van der Waals surface area contributed by atoms with Crippen molar-refractivity contribution < 1.29 is 26.4 Å². The lowest BCUT2D eigenvalue weighted by Crippen LogP contribution is -2.25. The second-order valence-corrected chi connectivity index (χ2v) is 3.97. The van der Waals surface area contributed by atoms with Gasteiger partial charge in [0.25, 0.3) is 10.0 Å². The fourth-order valence-corrected chi connectivity index (χ4v) is 1.50. The lowest BCUT2D eigenvalue weighted by Gasteiger charge is -2.05. The van der Waals surface area contributed by atoms with Crippen LogP contribution in [0.15, 0.2) is 35.2 Å². The van der Waals surface area contributed by atoms with E-state index in [0.29, 0.717) is 0 Å². The van der Waals surface area contributed by atoms with Crippen molar-refractivity contribution >= 4 is 10.0 Å². The van der Waals surface area contributed by atoms with Crippen LogP contribution >= 0.6 is 0 Å². The van der Waals surface area contributed by atoms with Crippen molar-refractivity contribution in [3.63, 3.8) is 0 Å². The number of rotatable bonds is 3. The van der Waals surface area contributed by atoms with E-state index in [-0.39, 0.29) is 4.90 Å². The van der Waals surface area contributed by atoms with Crippen molar-refractivity contribution in [1.82, 2.24) is 4.89 Å². The largest absolute Gasteiger partial charge is 0.541 e. The smallest absolute Gasteiger partial charge is 0.203 e. The van der Waals surface area contributed by atoms with Gasteiger partial charge in [0.1, 0.15) is 0 Å². The van der Waals surface area contributed by atoms with E-state index >= 15 is 0 Å². The first kappa shape index (κ1) is 12.0. The van der Waals surface area contributed by atoms with Gasteiger partial charge in [-0.3, -0.25) is 0 Å². The molecule has 1 aromatic rings. The first-order chi connectivity index (χ1) is 6.81. The molecule has 0 fully saturated rings. The summed E-state index contributed by atoms with van der Waals surface area (Å²) in [5, 5.41) is 0. The highest BCUT2D eigenvalue weighted by Gasteiger charge is 2.34. The Bertz CT molecular complexity index is 415. The molecule has 0 aliphatic heterocycles. The van der Waals surface area contributed by atoms with E-state index in [4.69, 9.17) is 0 Å². The van der Waals surface area contributed by atoms with E-state index in [1.807, 2.05) is 0 Å². The highest BCUT2D eigenvalue weighted by molar-refractivity contribution is 7.89. The molecule has 0 heterocycles. The Hall–Kier alpha value is -1.12. The van der Waals surface area contributed by atoms with E-state index in [1.165, 1.54) is 18.2 Å². The lowest BCUT2D eigenvalue weighted by molar-refractivity contribution is -0.340. The third kappa shape index (κ3) is 3.86. The third-order valence-corrected chi connectivity index (χ3v) is 2.42. The average Bonchev–Trinajstić information content (AvgIpc) is 2.16. The predicted octanol–water partition coefficient (Wildman–Crippen LogP) is 1.43. The Morgan fingerprint density at radius 1 is 1.13 bits per heavy atom. The van der Waals surface area contributed by atoms with Crippen LogP contribution in [0.2, 0.25) is 0 Å². The van der Waals surface area contributed by atoms with Crippen LogP contribution in [0.25, 0.3) is 0 Å². The van der Waals surface area contributed by atoms with Crippen LogP contribution in [-0.2, 0) is 14.9 Å². The van der Waals surface area contributed by atoms with Crippen LogP contribution in [0.4, 0.5) is 13.2 Å². The number of benzene rings is 1. The molecule has 4 nitrogen and oxygen atoms in total. The van der Waals surface area contributed by atoms with E-state index in [0.717, 1.165) is 12.1 Å². The maximum absolute atomic E-state index is 11.5. The highest BCUT2D eigenvalue weighted by atomic mass is 32.2. The average molecular weight is 240 g/mol. The van der Waals surface area contributed by atoms with E-state index in [2.05, 4.69) is 9.72 Å². The van der Waals surface area contributed by atoms with Gasteiger partial charge in [0.15, 0.2) is 0 Å². The Balaban J connectivity index is 2.78. The van der Waals surface area contributed by atoms with Crippen molar-refractivity contribution in [3.8, 4) is 0 Å². The molecule has 15 heavy (non-hydrogen) atoms. The fraction of sp³-hybridized carbons (Fsp3) is 0.143. The summed E-state index contributed by atoms with van der Waals surface area (Å²) < 4.78 is 56.7. The van der Waals surface area contributed by atoms with Gasteiger partial charge in [-0.05, 0) is 12.1 Å². The molecule has 0 saturated carbocycles. The zero-order valence-electron chi connectivity index (χ0n) is 7.10. The van der Waals surface area contributed by atoms with E-state index < -0.39 is 16.4 Å². The van der Waals surface area contributed by atoms with Crippen molar-refractivity contribution in [1.29, 1.82) is 0 Å². The number of alkyl halides is 3. The van der Waals surface area contributed by atoms with E-state index in [9.17, 15) is 21.6 Å². The minimum atomic E-state index is -5.11. The minimum absolute atomic E-state index is 0.366. The number of halogens is 3. The van der Waals surface area contributed by atoms with Crippen LogP contribution in [0.3, 0.4) is 0 Å². The molecule has 0 saturated heterocycles. The van der Waals surface area contributed by atoms with Gasteiger partial charge >= 0.3 is 6.36 Å². The first-order valence-electron chi connectivity index (χ1n) is 3.58. The molecule has 0 aliphatic carbocycles. The normalized spacial score (nSPS) is 12.7. The Morgan fingerprint density at radius 2 is 1.67 bits per heavy atom. The van der Waals surface area contributed by atoms with Crippen LogP contribution in [0.5, 0.6) is 0 Å². The summed E-state index contributed by atoms with van der Waals surface area (Å²) in [6, 6.07) is 6.45. The van der Waals surface area contributed by atoms with Gasteiger partial charge in [-0.2, -0.15) is 4.84 Å². The summed E-state index contributed by atoms with van der Waals surface area (Å²) >= 11 is 0. The molecule has 0 bridgehead atoms. The molecule has 0 aromatic heterocycles. The molecule has 0 unspecified atom stereocenters. The van der Waals surface area contributed by atoms with Gasteiger partial charge in [-0.25, -0.2) is 8.42 Å². The van der Waals surface area contributed by atoms with Gasteiger partial charge in [0, 0.05) is 4.89 Å². The maximum atomic E-state index is 11.5. The molecule has 8 heteroatoms. The molecule has 0 spiro atoms. The van der Waals surface area contributed by atoms with Gasteiger partial charge in [-0.1, -0.05) is 18.2 Å². The van der Waals surface area contributed by atoms with Crippen LogP contribution < -0.4 is 4.89 Å². The molecule has 0 aliphatic rings. The van der Waals surface area contributed by atoms with Gasteiger partial charge in [0.05, 0.1) is 4.90 Å².